The van der Waals surface area contributed by atoms with E-state index < -0.39 is 0 Å². The quantitative estimate of drug-likeness (QED) is 0.432. The predicted molar refractivity (Wildman–Crippen MR) is 92.0 cm³/mol. The molecule has 0 aliphatic carbocycles. The Hall–Kier alpha value is -1.35. The Morgan fingerprint density at radius 2 is 1.90 bits per heavy atom. The first-order chi connectivity index (χ1) is 9.44. The van der Waals surface area contributed by atoms with E-state index in [4.69, 9.17) is 12.2 Å². The Morgan fingerprint density at radius 1 is 1.25 bits per heavy atom. The average Bonchev–Trinajstić information content (AvgIpc) is 2.38. The van der Waals surface area contributed by atoms with Crippen molar-refractivity contribution in [1.29, 1.82) is 0 Å². The topological polar surface area (TPSA) is 24.1 Å². The number of rotatable bonds is 8. The number of nitrogens with one attached hydrogen (secondary N) is 2. The van der Waals surface area contributed by atoms with Crippen molar-refractivity contribution in [3.63, 3.8) is 0 Å². The lowest BCUT2D eigenvalue weighted by molar-refractivity contribution is 0.460. The van der Waals surface area contributed by atoms with Gasteiger partial charge in [-0.2, -0.15) is 0 Å². The molecule has 0 saturated carbocycles. The smallest absolute Gasteiger partial charge is 0.122 e. The highest BCUT2D eigenvalue weighted by Gasteiger charge is 2.20. The minimum atomic E-state index is -0.0895. The number of hydrogen-bond donors (Lipinski definition) is 2. The van der Waals surface area contributed by atoms with Gasteiger partial charge in [0.1, 0.15) is 4.99 Å². The second kappa shape index (κ2) is 8.05. The molecule has 3 heteroatoms. The lowest BCUT2D eigenvalue weighted by Crippen LogP contribution is -2.46. The predicted octanol–water partition coefficient (Wildman–Crippen LogP) is 3.83. The molecule has 0 aromatic heterocycles. The highest BCUT2D eigenvalue weighted by molar-refractivity contribution is 7.80. The van der Waals surface area contributed by atoms with Crippen LogP contribution in [0.1, 0.15) is 39.2 Å². The molecule has 20 heavy (non-hydrogen) atoms. The van der Waals surface area contributed by atoms with Crippen LogP contribution in [0.2, 0.25) is 0 Å². The molecule has 2 nitrogen and oxygen atoms in total. The summed E-state index contributed by atoms with van der Waals surface area (Å²) in [5.41, 5.74) is 2.03. The van der Waals surface area contributed by atoms with Crippen LogP contribution in [0.5, 0.6) is 0 Å². The summed E-state index contributed by atoms with van der Waals surface area (Å²) in [6.45, 7) is 11.4. The molecule has 0 aliphatic rings. The first-order valence-corrected chi connectivity index (χ1v) is 7.64. The average molecular weight is 290 g/mol. The first kappa shape index (κ1) is 16.7. The molecule has 0 amide bonds. The number of unbranched alkanes of at least 4 members (excludes halogenated alkanes) is 1. The highest BCUT2D eigenvalue weighted by Crippen LogP contribution is 2.13. The van der Waals surface area contributed by atoms with E-state index in [0.29, 0.717) is 4.99 Å². The van der Waals surface area contributed by atoms with Gasteiger partial charge in [0.25, 0.3) is 0 Å². The van der Waals surface area contributed by atoms with Crippen molar-refractivity contribution >= 4 is 17.2 Å². The molecule has 0 radical (unpaired) electrons. The molecule has 2 N–H and O–H groups in total. The summed E-state index contributed by atoms with van der Waals surface area (Å²) in [4.78, 5) is 0.710. The molecule has 0 unspecified atom stereocenters. The van der Waals surface area contributed by atoms with E-state index in [1.54, 1.807) is 0 Å². The maximum atomic E-state index is 5.42. The van der Waals surface area contributed by atoms with Crippen LogP contribution in [-0.2, 0) is 6.42 Å². The summed E-state index contributed by atoms with van der Waals surface area (Å²) >= 11 is 5.42. The summed E-state index contributed by atoms with van der Waals surface area (Å²) in [7, 11) is 0. The maximum Gasteiger partial charge on any atom is 0.122 e. The van der Waals surface area contributed by atoms with E-state index in [-0.39, 0.29) is 5.54 Å². The third-order valence-corrected chi connectivity index (χ3v) is 3.43. The molecule has 0 aliphatic heterocycles. The van der Waals surface area contributed by atoms with E-state index in [1.165, 1.54) is 12.0 Å². The largest absolute Gasteiger partial charge is 0.383 e. The van der Waals surface area contributed by atoms with Crippen LogP contribution in [0.15, 0.2) is 42.6 Å². The van der Waals surface area contributed by atoms with Crippen molar-refractivity contribution in [2.24, 2.45) is 0 Å². The van der Waals surface area contributed by atoms with E-state index in [2.05, 4.69) is 62.2 Å². The molecule has 1 rings (SSSR count). The molecule has 1 aromatic carbocycles. The Kier molecular flexibility index (Phi) is 6.73. The fourth-order valence-electron chi connectivity index (χ4n) is 2.03. The van der Waals surface area contributed by atoms with E-state index >= 15 is 0 Å². The molecule has 110 valence electrons. The van der Waals surface area contributed by atoms with Gasteiger partial charge in [-0.25, -0.2) is 0 Å². The summed E-state index contributed by atoms with van der Waals surface area (Å²) in [5.74, 6) is 0. The maximum absolute atomic E-state index is 5.42. The van der Waals surface area contributed by atoms with Crippen molar-refractivity contribution in [3.8, 4) is 0 Å². The van der Waals surface area contributed by atoms with Gasteiger partial charge in [-0.1, -0.05) is 62.5 Å². The van der Waals surface area contributed by atoms with Crippen LogP contribution >= 0.6 is 12.2 Å². The Bertz CT molecular complexity index is 438. The zero-order chi connectivity index (χ0) is 15.0. The normalized spacial score (nSPS) is 10.9. The summed E-state index contributed by atoms with van der Waals surface area (Å²) in [5, 5.41) is 6.67. The molecule has 0 saturated heterocycles. The van der Waals surface area contributed by atoms with Crippen molar-refractivity contribution in [1.82, 2.24) is 10.6 Å². The van der Waals surface area contributed by atoms with Crippen molar-refractivity contribution in [3.05, 3.63) is 48.2 Å². The van der Waals surface area contributed by atoms with Gasteiger partial charge in [-0.05, 0) is 32.3 Å². The number of thiocarbonyl (C=S) groups is 1. The minimum Gasteiger partial charge on any atom is -0.383 e. The first-order valence-electron chi connectivity index (χ1n) is 7.24. The monoisotopic (exact) mass is 290 g/mol. The van der Waals surface area contributed by atoms with Gasteiger partial charge in [-0.3, -0.25) is 0 Å². The molecule has 1 aromatic rings. The second-order valence-corrected chi connectivity index (χ2v) is 6.17. The molecule has 0 fully saturated rings. The van der Waals surface area contributed by atoms with Crippen LogP contribution in [0.3, 0.4) is 0 Å². The molecule has 0 atom stereocenters. The lowest BCUT2D eigenvalue weighted by Gasteiger charge is -2.29. The Balaban J connectivity index is 2.48. The van der Waals surface area contributed by atoms with Gasteiger partial charge < -0.3 is 10.6 Å². The van der Waals surface area contributed by atoms with Crippen molar-refractivity contribution < 1.29 is 0 Å². The van der Waals surface area contributed by atoms with Crippen molar-refractivity contribution in [2.75, 3.05) is 6.54 Å². The molecule has 0 heterocycles. The molecule has 0 spiro atoms. The van der Waals surface area contributed by atoms with E-state index in [1.807, 2.05) is 6.07 Å². The van der Waals surface area contributed by atoms with E-state index in [0.717, 1.165) is 25.1 Å². The van der Waals surface area contributed by atoms with Crippen LogP contribution < -0.4 is 10.6 Å². The summed E-state index contributed by atoms with van der Waals surface area (Å²) in [6, 6.07) is 10.4. The van der Waals surface area contributed by atoms with Crippen LogP contribution in [0.25, 0.3) is 0 Å². The van der Waals surface area contributed by atoms with Gasteiger partial charge in [0.2, 0.25) is 0 Å². The summed E-state index contributed by atoms with van der Waals surface area (Å²) in [6.07, 6.45) is 3.23. The number of hydrogen-bond acceptors (Lipinski definition) is 2. The van der Waals surface area contributed by atoms with Crippen LogP contribution in [0, 0.1) is 0 Å². The minimum absolute atomic E-state index is 0.0895. The molecular weight excluding hydrogens is 264 g/mol. The van der Waals surface area contributed by atoms with E-state index in [9.17, 15) is 0 Å². The lowest BCUT2D eigenvalue weighted by atomic mass is 9.95. The highest BCUT2D eigenvalue weighted by atomic mass is 32.1. The van der Waals surface area contributed by atoms with Crippen molar-refractivity contribution in [2.45, 2.75) is 45.6 Å². The van der Waals surface area contributed by atoms with Gasteiger partial charge in [-0.15, -0.1) is 0 Å². The van der Waals surface area contributed by atoms with Gasteiger partial charge in [0.15, 0.2) is 0 Å². The van der Waals surface area contributed by atoms with Gasteiger partial charge in [0, 0.05) is 12.1 Å². The third kappa shape index (κ3) is 6.20. The van der Waals surface area contributed by atoms with Crippen LogP contribution in [-0.4, -0.2) is 17.1 Å². The van der Waals surface area contributed by atoms with Gasteiger partial charge >= 0.3 is 0 Å². The Labute approximate surface area is 128 Å². The SMILES string of the molecule is C=C(NCCCC)C(=S)NC(C)(C)Cc1ccccc1. The third-order valence-electron chi connectivity index (χ3n) is 3.08. The molecule has 0 bridgehead atoms. The standard InChI is InChI=1S/C17H26N2S/c1-5-6-12-18-14(2)16(20)19-17(3,4)13-15-10-8-7-9-11-15/h7-11,18H,2,5-6,12-13H2,1,3-4H3,(H,19,20). The summed E-state index contributed by atoms with van der Waals surface area (Å²) < 4.78 is 0. The van der Waals surface area contributed by atoms with Gasteiger partial charge in [0.05, 0.1) is 5.70 Å². The Morgan fingerprint density at radius 3 is 2.50 bits per heavy atom. The zero-order valence-electron chi connectivity index (χ0n) is 12.8. The van der Waals surface area contributed by atoms with Crippen LogP contribution in [0.4, 0.5) is 0 Å². The second-order valence-electron chi connectivity index (χ2n) is 5.76. The zero-order valence-corrected chi connectivity index (χ0v) is 13.6. The fraction of sp³-hybridized carbons (Fsp3) is 0.471. The molecular formula is C17H26N2S. The number of benzene rings is 1. The fourth-order valence-corrected chi connectivity index (χ4v) is 2.38.